The molecule has 0 bridgehead atoms. The molecule has 4 rings (SSSR count). The number of anilines is 1. The Kier molecular flexibility index (Phi) is 18.5. The van der Waals surface area contributed by atoms with Gasteiger partial charge in [0.25, 0.3) is 0 Å². The van der Waals surface area contributed by atoms with Crippen molar-refractivity contribution in [1.82, 2.24) is 19.4 Å². The first-order chi connectivity index (χ1) is 26.7. The van der Waals surface area contributed by atoms with Crippen LogP contribution in [0.4, 0.5) is 15.4 Å². The summed E-state index contributed by atoms with van der Waals surface area (Å²) < 4.78 is 23.2. The molecule has 0 radical (unpaired) electrons. The Labute approximate surface area is 326 Å². The number of nitrogens with one attached hydrogen (secondary N) is 1. The second kappa shape index (κ2) is 23.8. The van der Waals surface area contributed by atoms with Crippen molar-refractivity contribution in [3.05, 3.63) is 94.5 Å². The van der Waals surface area contributed by atoms with E-state index in [0.717, 1.165) is 30.4 Å². The zero-order chi connectivity index (χ0) is 39.3. The summed E-state index contributed by atoms with van der Waals surface area (Å²) in [6.07, 6.45) is 4.86. The number of hydrogen-bond donors (Lipinski definition) is 1. The highest BCUT2D eigenvalue weighted by atomic mass is 32.2. The molecular weight excluding hydrogens is 727 g/mol. The number of carbonyl (C=O) groups is 4. The summed E-state index contributed by atoms with van der Waals surface area (Å²) in [7, 11) is 0. The summed E-state index contributed by atoms with van der Waals surface area (Å²) in [6, 6.07) is 21.0. The van der Waals surface area contributed by atoms with Crippen LogP contribution in [-0.2, 0) is 41.6 Å². The molecule has 1 fully saturated rings. The Balaban J connectivity index is 1.10. The van der Waals surface area contributed by atoms with Crippen molar-refractivity contribution in [2.24, 2.45) is 0 Å². The number of amides is 3. The smallest absolute Gasteiger partial charge is 0.410 e. The van der Waals surface area contributed by atoms with Crippen LogP contribution in [0.3, 0.4) is 0 Å². The summed E-state index contributed by atoms with van der Waals surface area (Å²) >= 11 is 1.44. The molecule has 2 unspecified atom stereocenters. The van der Waals surface area contributed by atoms with Gasteiger partial charge >= 0.3 is 23.8 Å². The van der Waals surface area contributed by atoms with Crippen molar-refractivity contribution in [3.8, 4) is 0 Å². The molecule has 1 aromatic heterocycles. The second-order valence-electron chi connectivity index (χ2n) is 12.9. The van der Waals surface area contributed by atoms with Gasteiger partial charge in [-0.3, -0.25) is 14.2 Å². The summed E-state index contributed by atoms with van der Waals surface area (Å²) in [5.74, 6) is 0.0322. The molecule has 0 spiro atoms. The van der Waals surface area contributed by atoms with Crippen molar-refractivity contribution in [2.45, 2.75) is 90.0 Å². The van der Waals surface area contributed by atoms with E-state index in [-0.39, 0.29) is 49.3 Å². The molecule has 3 amide bonds. The SMILES string of the molecule is CCOC(=O)N(CCCCCC(=O)Nc1ccn(C2CSC(COC(=O)CCCCCN(Cc3ccccc3)C(=O)OCC)O2)c(=O)n1)Cc1ccccc1. The van der Waals surface area contributed by atoms with Gasteiger partial charge in [0.1, 0.15) is 24.1 Å². The maximum absolute atomic E-state index is 12.8. The number of nitrogens with zero attached hydrogens (tertiary/aromatic N) is 4. The zero-order valence-corrected chi connectivity index (χ0v) is 32.6. The van der Waals surface area contributed by atoms with Gasteiger partial charge in [0.05, 0.1) is 13.2 Å². The molecule has 15 heteroatoms. The van der Waals surface area contributed by atoms with Crippen molar-refractivity contribution in [2.75, 3.05) is 44.0 Å². The summed E-state index contributed by atoms with van der Waals surface area (Å²) in [5.41, 5.74) is 1.04. The fourth-order valence-electron chi connectivity index (χ4n) is 5.84. The van der Waals surface area contributed by atoms with E-state index in [4.69, 9.17) is 18.9 Å². The minimum atomic E-state index is -0.590. The first-order valence-electron chi connectivity index (χ1n) is 19.0. The number of hydrogen-bond acceptors (Lipinski definition) is 11. The third-order valence-electron chi connectivity index (χ3n) is 8.65. The molecule has 1 aliphatic heterocycles. The van der Waals surface area contributed by atoms with Crippen LogP contribution in [0.2, 0.25) is 0 Å². The van der Waals surface area contributed by atoms with Crippen LogP contribution in [0, 0.1) is 0 Å². The van der Waals surface area contributed by atoms with E-state index in [0.29, 0.717) is 64.4 Å². The van der Waals surface area contributed by atoms with E-state index in [1.807, 2.05) is 60.7 Å². The minimum Gasteiger partial charge on any atom is -0.462 e. The zero-order valence-electron chi connectivity index (χ0n) is 31.8. The maximum Gasteiger partial charge on any atom is 0.410 e. The van der Waals surface area contributed by atoms with Crippen molar-refractivity contribution in [3.63, 3.8) is 0 Å². The van der Waals surface area contributed by atoms with Gasteiger partial charge in [-0.25, -0.2) is 14.4 Å². The number of esters is 1. The summed E-state index contributed by atoms with van der Waals surface area (Å²) in [5, 5.41) is 2.68. The van der Waals surface area contributed by atoms with Crippen LogP contribution in [-0.4, -0.2) is 87.5 Å². The first-order valence-corrected chi connectivity index (χ1v) is 20.0. The highest BCUT2D eigenvalue weighted by molar-refractivity contribution is 8.00. The van der Waals surface area contributed by atoms with E-state index in [9.17, 15) is 24.0 Å². The van der Waals surface area contributed by atoms with Gasteiger partial charge in [-0.1, -0.05) is 73.5 Å². The monoisotopic (exact) mass is 779 g/mol. The second-order valence-corrected chi connectivity index (χ2v) is 14.1. The summed E-state index contributed by atoms with van der Waals surface area (Å²) in [4.78, 5) is 70.0. The molecule has 2 aromatic carbocycles. The van der Waals surface area contributed by atoms with Crippen LogP contribution in [0.15, 0.2) is 77.7 Å². The number of benzene rings is 2. The van der Waals surface area contributed by atoms with Crippen LogP contribution in [0.25, 0.3) is 0 Å². The lowest BCUT2D eigenvalue weighted by atomic mass is 10.1. The third kappa shape index (κ3) is 15.4. The molecule has 3 aromatic rings. The molecule has 0 saturated carbocycles. The van der Waals surface area contributed by atoms with Crippen molar-refractivity contribution in [1.29, 1.82) is 0 Å². The predicted molar refractivity (Wildman–Crippen MR) is 209 cm³/mol. The van der Waals surface area contributed by atoms with Crippen LogP contribution >= 0.6 is 11.8 Å². The minimum absolute atomic E-state index is 0.0535. The van der Waals surface area contributed by atoms with Crippen LogP contribution in [0.5, 0.6) is 0 Å². The normalized spacial score (nSPS) is 14.9. The van der Waals surface area contributed by atoms with Crippen molar-refractivity contribution >= 4 is 41.6 Å². The number of carbonyl (C=O) groups excluding carboxylic acids is 4. The quantitative estimate of drug-likeness (QED) is 0.0653. The van der Waals surface area contributed by atoms with E-state index >= 15 is 0 Å². The molecule has 0 aliphatic carbocycles. The highest BCUT2D eigenvalue weighted by Gasteiger charge is 2.29. The fourth-order valence-corrected chi connectivity index (χ4v) is 6.83. The molecule has 1 N–H and O–H groups in total. The molecule has 298 valence electrons. The van der Waals surface area contributed by atoms with Gasteiger partial charge < -0.3 is 34.1 Å². The van der Waals surface area contributed by atoms with Gasteiger partial charge in [-0.2, -0.15) is 4.98 Å². The first kappa shape index (κ1) is 42.8. The molecule has 14 nitrogen and oxygen atoms in total. The van der Waals surface area contributed by atoms with Crippen molar-refractivity contribution < 1.29 is 38.1 Å². The number of thioether (sulfide) groups is 1. The van der Waals surface area contributed by atoms with E-state index < -0.39 is 17.4 Å². The lowest BCUT2D eigenvalue weighted by Gasteiger charge is -2.22. The van der Waals surface area contributed by atoms with Gasteiger partial charge in [0.15, 0.2) is 0 Å². The lowest BCUT2D eigenvalue weighted by molar-refractivity contribution is -0.147. The molecule has 1 aliphatic rings. The Hall–Kier alpha value is -4.89. The predicted octanol–water partition coefficient (Wildman–Crippen LogP) is 6.75. The third-order valence-corrected chi connectivity index (χ3v) is 9.74. The molecular formula is C40H53N5O9S. The van der Waals surface area contributed by atoms with E-state index in [1.165, 1.54) is 22.5 Å². The molecule has 55 heavy (non-hydrogen) atoms. The molecule has 1 saturated heterocycles. The Bertz CT molecular complexity index is 1690. The number of rotatable bonds is 22. The standard InChI is InChI=1S/C40H53N5O9S/c1-3-51-39(49)43(27-31-17-9-5-10-18-31)24-15-7-13-21-34(46)41-33-23-26-45(38(48)42-33)35-30-55-37(54-35)29-53-36(47)22-14-8-16-25-44(40(50)52-4-2)28-32-19-11-6-12-20-32/h5-6,9-12,17-20,23,26,35,37H,3-4,7-8,13-16,21-22,24-25,27-30H2,1-2H3,(H,41,42,46,48). The van der Waals surface area contributed by atoms with Gasteiger partial charge in [-0.15, -0.1) is 11.8 Å². The summed E-state index contributed by atoms with van der Waals surface area (Å²) in [6.45, 7) is 6.16. The Morgan fingerprint density at radius 2 is 1.35 bits per heavy atom. The van der Waals surface area contributed by atoms with E-state index in [2.05, 4.69) is 10.3 Å². The highest BCUT2D eigenvalue weighted by Crippen LogP contribution is 2.31. The Morgan fingerprint density at radius 1 is 0.782 bits per heavy atom. The average Bonchev–Trinajstić information content (AvgIpc) is 3.65. The number of aromatic nitrogens is 2. The van der Waals surface area contributed by atoms with Gasteiger partial charge in [0.2, 0.25) is 5.91 Å². The number of unbranched alkanes of at least 4 members (excludes halogenated alkanes) is 4. The lowest BCUT2D eigenvalue weighted by Crippen LogP contribution is -2.32. The van der Waals surface area contributed by atoms with E-state index in [1.54, 1.807) is 29.7 Å². The average molecular weight is 780 g/mol. The van der Waals surface area contributed by atoms with Gasteiger partial charge in [0, 0.05) is 51.0 Å². The Morgan fingerprint density at radius 3 is 1.89 bits per heavy atom. The van der Waals surface area contributed by atoms with Gasteiger partial charge in [-0.05, 0) is 56.7 Å². The number of ether oxygens (including phenoxy) is 4. The molecule has 2 heterocycles. The molecule has 2 atom stereocenters. The van der Waals surface area contributed by atoms with Crippen LogP contribution < -0.4 is 11.0 Å². The van der Waals surface area contributed by atoms with Crippen LogP contribution in [0.1, 0.15) is 82.6 Å². The largest absolute Gasteiger partial charge is 0.462 e. The topological polar surface area (TPSA) is 159 Å². The maximum atomic E-state index is 12.8. The fraction of sp³-hybridized carbons (Fsp3) is 0.500.